The Balaban J connectivity index is 1.74. The Hall–Kier alpha value is 0.120. The van der Waals surface area contributed by atoms with Crippen LogP contribution in [0.5, 0.6) is 0 Å². The summed E-state index contributed by atoms with van der Waals surface area (Å²) < 4.78 is 46.7. The van der Waals surface area contributed by atoms with Crippen molar-refractivity contribution in [3.8, 4) is 0 Å². The van der Waals surface area contributed by atoms with Gasteiger partial charge in [0.15, 0.2) is 0 Å². The monoisotopic (exact) mass is 557 g/mol. The summed E-state index contributed by atoms with van der Waals surface area (Å²) in [5.74, 6) is 1.48. The predicted molar refractivity (Wildman–Crippen MR) is 123 cm³/mol. The molecule has 1 heterocycles. The predicted octanol–water partition coefficient (Wildman–Crippen LogP) is 3.35. The van der Waals surface area contributed by atoms with Gasteiger partial charge in [0.2, 0.25) is 0 Å². The van der Waals surface area contributed by atoms with Crippen LogP contribution in [0.15, 0.2) is 6.07 Å². The highest BCUT2D eigenvalue weighted by Gasteiger charge is 2.64. The number of nitrogens with one attached hydrogen (secondary N) is 1. The first kappa shape index (κ1) is 23.8. The summed E-state index contributed by atoms with van der Waals surface area (Å²) in [7, 11) is -3.48. The maximum atomic E-state index is 12.8. The van der Waals surface area contributed by atoms with Crippen LogP contribution in [0.1, 0.15) is 71.5 Å². The lowest BCUT2D eigenvalue weighted by molar-refractivity contribution is 0.236. The molecule has 1 N–H and O–H groups in total. The van der Waals surface area contributed by atoms with Crippen LogP contribution in [0.25, 0.3) is 0 Å². The van der Waals surface area contributed by atoms with E-state index in [1.165, 1.54) is 5.69 Å². The van der Waals surface area contributed by atoms with Gasteiger partial charge in [-0.05, 0) is 94.4 Å². The van der Waals surface area contributed by atoms with E-state index in [1.807, 2.05) is 20.8 Å². The Kier molecular flexibility index (Phi) is 6.75. The molecule has 166 valence electrons. The van der Waals surface area contributed by atoms with E-state index < -0.39 is 21.5 Å². The molecule has 2 aliphatic carbocycles. The number of fused-ring (bicyclic) bond motifs is 1. The second kappa shape index (κ2) is 8.23. The minimum absolute atomic E-state index is 0.110. The van der Waals surface area contributed by atoms with E-state index in [0.29, 0.717) is 30.2 Å². The van der Waals surface area contributed by atoms with Gasteiger partial charge in [-0.1, -0.05) is 0 Å². The molecule has 10 heteroatoms. The molecule has 5 atom stereocenters. The second-order valence-electron chi connectivity index (χ2n) is 9.73. The largest absolute Gasteiger partial charge is 0.598 e. The number of hydrogen-bond donors (Lipinski definition) is 1. The first-order valence-electron chi connectivity index (χ1n) is 10.0. The Morgan fingerprint density at radius 1 is 1.41 bits per heavy atom. The van der Waals surface area contributed by atoms with E-state index in [1.54, 1.807) is 0 Å². The van der Waals surface area contributed by atoms with E-state index in [4.69, 9.17) is 4.18 Å². The van der Waals surface area contributed by atoms with Gasteiger partial charge in [0.25, 0.3) is 10.1 Å². The summed E-state index contributed by atoms with van der Waals surface area (Å²) >= 11 is 1.04. The van der Waals surface area contributed by atoms with Crippen molar-refractivity contribution < 1.29 is 17.2 Å². The summed E-state index contributed by atoms with van der Waals surface area (Å²) in [6, 6.07) is 2.49. The maximum absolute atomic E-state index is 12.8. The molecule has 0 aliphatic heterocycles. The van der Waals surface area contributed by atoms with Crippen LogP contribution in [0.3, 0.4) is 0 Å². The third-order valence-electron chi connectivity index (χ3n) is 5.89. The van der Waals surface area contributed by atoms with E-state index in [0.717, 1.165) is 22.8 Å². The highest BCUT2D eigenvalue weighted by molar-refractivity contribution is 14.1. The van der Waals surface area contributed by atoms with Crippen molar-refractivity contribution in [3.05, 3.63) is 15.5 Å². The zero-order valence-electron chi connectivity index (χ0n) is 17.9. The van der Waals surface area contributed by atoms with Crippen molar-refractivity contribution >= 4 is 44.1 Å². The molecular weight excluding hydrogens is 525 g/mol. The van der Waals surface area contributed by atoms with E-state index in [2.05, 4.69) is 57.0 Å². The molecule has 7 nitrogen and oxygen atoms in total. The average molecular weight is 558 g/mol. The highest BCUT2D eigenvalue weighted by Crippen LogP contribution is 2.66. The van der Waals surface area contributed by atoms with Gasteiger partial charge in [-0.25, -0.2) is 0 Å². The fourth-order valence-electron chi connectivity index (χ4n) is 4.54. The molecule has 2 fully saturated rings. The minimum atomic E-state index is -3.48. The summed E-state index contributed by atoms with van der Waals surface area (Å²) in [5, 5.41) is 4.64. The minimum Gasteiger partial charge on any atom is -0.598 e. The van der Waals surface area contributed by atoms with Gasteiger partial charge in [0.05, 0.1) is 18.4 Å². The Bertz CT molecular complexity index is 838. The lowest BCUT2D eigenvalue weighted by atomic mass is 9.88. The third kappa shape index (κ3) is 5.49. The van der Waals surface area contributed by atoms with Gasteiger partial charge >= 0.3 is 0 Å². The van der Waals surface area contributed by atoms with Crippen LogP contribution in [0.2, 0.25) is 0 Å². The van der Waals surface area contributed by atoms with Crippen LogP contribution in [-0.4, -0.2) is 45.9 Å². The fraction of sp³-hybridized carbons (Fsp3) is 0.842. The van der Waals surface area contributed by atoms with Gasteiger partial charge in [-0.2, -0.15) is 13.5 Å². The maximum Gasteiger partial charge on any atom is 0.264 e. The van der Waals surface area contributed by atoms with Gasteiger partial charge in [-0.15, -0.1) is 4.72 Å². The standard InChI is InChI=1S/C19H32IN3O4S2/c1-12(2)23-15(9-16(20)21-23)17-13-10-19(11-14(13)17,7-8-27-29(6,25)26)22-28(24)18(3,4)5/h9,12-14,17,22H,7-8,10-11H2,1-6H3/t13-,14+,17+,19?,28?. The van der Waals surface area contributed by atoms with Crippen molar-refractivity contribution in [1.82, 2.24) is 14.5 Å². The lowest BCUT2D eigenvalue weighted by Gasteiger charge is -2.36. The van der Waals surface area contributed by atoms with Gasteiger partial charge in [0.1, 0.15) is 8.45 Å². The topological polar surface area (TPSA) is 96.3 Å². The Morgan fingerprint density at radius 2 is 2.00 bits per heavy atom. The highest BCUT2D eigenvalue weighted by atomic mass is 127. The zero-order chi connectivity index (χ0) is 21.8. The molecule has 2 saturated carbocycles. The first-order chi connectivity index (χ1) is 13.2. The summed E-state index contributed by atoms with van der Waals surface area (Å²) in [5.41, 5.74) is 0.933. The smallest absolute Gasteiger partial charge is 0.264 e. The number of aromatic nitrogens is 2. The zero-order valence-corrected chi connectivity index (χ0v) is 21.7. The Morgan fingerprint density at radius 3 is 2.48 bits per heavy atom. The molecule has 0 bridgehead atoms. The summed E-state index contributed by atoms with van der Waals surface area (Å²) in [6.07, 6.45) is 3.34. The normalized spacial score (nSPS) is 30.6. The van der Waals surface area contributed by atoms with Gasteiger partial charge < -0.3 is 4.55 Å². The molecule has 0 amide bonds. The third-order valence-corrected chi connectivity index (χ3v) is 8.75. The second-order valence-corrected chi connectivity index (χ2v) is 14.4. The SMILES string of the molecule is CC(C)n1nc(I)cc1[C@H]1[C@@H]2CC(CCOS(C)(=O)=O)(N[S+]([O-])C(C)(C)C)C[C@@H]21. The summed E-state index contributed by atoms with van der Waals surface area (Å²) in [4.78, 5) is 0. The first-order valence-corrected chi connectivity index (χ1v) is 14.1. The number of rotatable bonds is 8. The van der Waals surface area contributed by atoms with Crippen molar-refractivity contribution in [2.24, 2.45) is 11.8 Å². The van der Waals surface area contributed by atoms with Crippen molar-refractivity contribution in [2.75, 3.05) is 12.9 Å². The molecule has 0 saturated heterocycles. The molecule has 2 unspecified atom stereocenters. The molecule has 1 aromatic heterocycles. The Labute approximate surface area is 191 Å². The van der Waals surface area contributed by atoms with Crippen molar-refractivity contribution in [2.45, 2.75) is 76.1 Å². The fourth-order valence-corrected chi connectivity index (χ4v) is 6.45. The van der Waals surface area contributed by atoms with Crippen LogP contribution in [0, 0.1) is 15.5 Å². The average Bonchev–Trinajstić information content (AvgIpc) is 2.88. The van der Waals surface area contributed by atoms with Crippen molar-refractivity contribution in [3.63, 3.8) is 0 Å². The van der Waals surface area contributed by atoms with Crippen molar-refractivity contribution in [1.29, 1.82) is 0 Å². The van der Waals surface area contributed by atoms with Gasteiger partial charge in [0, 0.05) is 29.0 Å². The van der Waals surface area contributed by atoms with E-state index in [9.17, 15) is 13.0 Å². The van der Waals surface area contributed by atoms with E-state index in [-0.39, 0.29) is 16.9 Å². The molecular formula is C19H32IN3O4S2. The van der Waals surface area contributed by atoms with Gasteiger partial charge in [-0.3, -0.25) is 8.86 Å². The number of hydrogen-bond acceptors (Lipinski definition) is 6. The summed E-state index contributed by atoms with van der Waals surface area (Å²) in [6.45, 7) is 10.2. The molecule has 0 aromatic carbocycles. The van der Waals surface area contributed by atoms with E-state index >= 15 is 0 Å². The molecule has 1 aromatic rings. The number of halogens is 1. The molecule has 29 heavy (non-hydrogen) atoms. The van der Waals surface area contributed by atoms with Crippen LogP contribution < -0.4 is 4.72 Å². The molecule has 3 rings (SSSR count). The van der Waals surface area contributed by atoms with Crippen LogP contribution in [-0.2, 0) is 25.7 Å². The molecule has 0 radical (unpaired) electrons. The molecule has 0 spiro atoms. The van der Waals surface area contributed by atoms with Crippen LogP contribution >= 0.6 is 22.6 Å². The lowest BCUT2D eigenvalue weighted by Crippen LogP contribution is -2.53. The molecule has 2 aliphatic rings. The number of nitrogens with zero attached hydrogens (tertiary/aromatic N) is 2. The van der Waals surface area contributed by atoms with Crippen LogP contribution in [0.4, 0.5) is 0 Å². The quantitative estimate of drug-likeness (QED) is 0.299.